The average molecular weight is 58.1 g/mol. The Bertz CT molecular complexity index is 23.2. The molecule has 1 rings (SSSR count). The summed E-state index contributed by atoms with van der Waals surface area (Å²) in [6, 6.07) is 0. The van der Waals surface area contributed by atoms with Crippen LogP contribution in [0.1, 0.15) is 6.92 Å². The van der Waals surface area contributed by atoms with Gasteiger partial charge in [-0.2, -0.15) is 0 Å². The molecule has 0 radical (unpaired) electrons. The molecule has 1 fully saturated rings. The molecular formula is C2H6N2. The molecule has 1 saturated heterocycles. The van der Waals surface area contributed by atoms with E-state index in [9.17, 15) is 0 Å². The Morgan fingerprint density at radius 2 is 1.75 bits per heavy atom. The standard InChI is InChI=1S/C2H6N2/c1-2-3-4-2/h2-4H,1H3. The SMILES string of the molecule is CC1NN1. The Hall–Kier alpha value is -0.0800. The Labute approximate surface area is 25.2 Å². The van der Waals surface area contributed by atoms with E-state index in [1.165, 1.54) is 0 Å². The molecular weight excluding hydrogens is 52.0 g/mol. The normalized spacial score (nSPS) is 26.2. The van der Waals surface area contributed by atoms with E-state index >= 15 is 0 Å². The van der Waals surface area contributed by atoms with Crippen molar-refractivity contribution >= 4 is 0 Å². The Morgan fingerprint density at radius 1 is 1.50 bits per heavy atom. The van der Waals surface area contributed by atoms with Gasteiger partial charge in [0.1, 0.15) is 0 Å². The number of hydrogen-bond acceptors (Lipinski definition) is 2. The molecule has 2 N–H and O–H groups in total. The summed E-state index contributed by atoms with van der Waals surface area (Å²) < 4.78 is 0. The molecule has 0 aromatic carbocycles. The lowest BCUT2D eigenvalue weighted by Gasteiger charge is -1.49. The van der Waals surface area contributed by atoms with E-state index < -0.39 is 0 Å². The zero-order valence-electron chi connectivity index (χ0n) is 2.58. The lowest BCUT2D eigenvalue weighted by atomic mass is 10.7. The predicted octanol–water partition coefficient (Wildman–Crippen LogP) is -0.560. The number of hydrazine groups is 1. The molecule has 2 nitrogen and oxygen atoms in total. The molecule has 24 valence electrons. The van der Waals surface area contributed by atoms with Crippen molar-refractivity contribution in [1.82, 2.24) is 10.9 Å². The average Bonchev–Trinajstić information content (AvgIpc) is 1.75. The summed E-state index contributed by atoms with van der Waals surface area (Å²) in [6.07, 6.45) is 0.583. The van der Waals surface area contributed by atoms with Gasteiger partial charge >= 0.3 is 0 Å². The fourth-order valence-corrected chi connectivity index (χ4v) is 0.0833. The van der Waals surface area contributed by atoms with E-state index in [0.717, 1.165) is 0 Å². The lowest BCUT2D eigenvalue weighted by molar-refractivity contribution is 1.08. The molecule has 0 aromatic heterocycles. The molecule has 1 aliphatic rings. The highest BCUT2D eigenvalue weighted by molar-refractivity contribution is 4.60. The number of rotatable bonds is 0. The zero-order valence-corrected chi connectivity index (χ0v) is 2.58. The zero-order chi connectivity index (χ0) is 2.99. The van der Waals surface area contributed by atoms with Crippen LogP contribution in [-0.2, 0) is 0 Å². The predicted molar refractivity (Wildman–Crippen MR) is 15.7 cm³/mol. The number of hydrogen-bond donors (Lipinski definition) is 2. The summed E-state index contributed by atoms with van der Waals surface area (Å²) in [5, 5.41) is 0. The Kier molecular flexibility index (Phi) is 0.242. The third-order valence-electron chi connectivity index (χ3n) is 0.433. The summed E-state index contributed by atoms with van der Waals surface area (Å²) in [7, 11) is 0. The first-order valence-corrected chi connectivity index (χ1v) is 1.40. The largest absolute Gasteiger partial charge is 0.238 e. The van der Waals surface area contributed by atoms with Gasteiger partial charge in [-0.1, -0.05) is 0 Å². The smallest absolute Gasteiger partial charge is 0.0805 e. The van der Waals surface area contributed by atoms with Crippen molar-refractivity contribution in [3.8, 4) is 0 Å². The summed E-state index contributed by atoms with van der Waals surface area (Å²) in [6.45, 7) is 2.06. The van der Waals surface area contributed by atoms with Crippen molar-refractivity contribution in [2.75, 3.05) is 0 Å². The first-order chi connectivity index (χ1) is 1.89. The van der Waals surface area contributed by atoms with E-state index in [1.807, 2.05) is 0 Å². The molecule has 0 spiro atoms. The molecule has 0 atom stereocenters. The minimum Gasteiger partial charge on any atom is -0.238 e. The highest BCUT2D eigenvalue weighted by Gasteiger charge is 2.08. The Balaban J connectivity index is 2.17. The van der Waals surface area contributed by atoms with Crippen molar-refractivity contribution in [2.24, 2.45) is 0 Å². The van der Waals surface area contributed by atoms with Gasteiger partial charge in [0, 0.05) is 0 Å². The van der Waals surface area contributed by atoms with Crippen molar-refractivity contribution in [1.29, 1.82) is 0 Å². The summed E-state index contributed by atoms with van der Waals surface area (Å²) in [4.78, 5) is 0. The van der Waals surface area contributed by atoms with Gasteiger partial charge in [0.25, 0.3) is 0 Å². The maximum absolute atomic E-state index is 2.85. The first-order valence-electron chi connectivity index (χ1n) is 1.40. The van der Waals surface area contributed by atoms with Gasteiger partial charge in [0.15, 0.2) is 0 Å². The van der Waals surface area contributed by atoms with E-state index in [0.29, 0.717) is 6.17 Å². The van der Waals surface area contributed by atoms with Crippen LogP contribution >= 0.6 is 0 Å². The number of nitrogens with one attached hydrogen (secondary N) is 2. The summed E-state index contributed by atoms with van der Waals surface area (Å²) >= 11 is 0. The van der Waals surface area contributed by atoms with Gasteiger partial charge in [0.2, 0.25) is 0 Å². The van der Waals surface area contributed by atoms with Gasteiger partial charge in [-0.3, -0.25) is 0 Å². The third kappa shape index (κ3) is 0.191. The molecule has 0 aromatic rings. The van der Waals surface area contributed by atoms with E-state index in [1.54, 1.807) is 0 Å². The van der Waals surface area contributed by atoms with E-state index in [4.69, 9.17) is 0 Å². The van der Waals surface area contributed by atoms with Gasteiger partial charge in [-0.05, 0) is 6.92 Å². The second-order valence-electron chi connectivity index (χ2n) is 1.01. The highest BCUT2D eigenvalue weighted by atomic mass is 15.6. The van der Waals surface area contributed by atoms with Gasteiger partial charge in [-0.25, -0.2) is 10.9 Å². The monoisotopic (exact) mass is 58.1 g/mol. The summed E-state index contributed by atoms with van der Waals surface area (Å²) in [5.41, 5.74) is 5.69. The first kappa shape index (κ1) is 2.18. The topological polar surface area (TPSA) is 43.9 Å². The molecule has 1 heterocycles. The molecule has 0 amide bonds. The fraction of sp³-hybridized carbons (Fsp3) is 1.00. The molecule has 2 heteroatoms. The van der Waals surface area contributed by atoms with Crippen LogP contribution < -0.4 is 10.9 Å². The molecule has 4 heavy (non-hydrogen) atoms. The molecule has 0 aliphatic carbocycles. The van der Waals surface area contributed by atoms with Crippen molar-refractivity contribution in [3.63, 3.8) is 0 Å². The van der Waals surface area contributed by atoms with Crippen LogP contribution in [0.15, 0.2) is 0 Å². The van der Waals surface area contributed by atoms with Crippen LogP contribution in [0.2, 0.25) is 0 Å². The fourth-order valence-electron chi connectivity index (χ4n) is 0.0833. The molecule has 0 bridgehead atoms. The molecule has 0 saturated carbocycles. The highest BCUT2D eigenvalue weighted by Crippen LogP contribution is 1.77. The quantitative estimate of drug-likeness (QED) is 0.367. The maximum atomic E-state index is 2.85. The van der Waals surface area contributed by atoms with Crippen LogP contribution in [0.5, 0.6) is 0 Å². The Morgan fingerprint density at radius 3 is 1.75 bits per heavy atom. The van der Waals surface area contributed by atoms with Gasteiger partial charge in [0.05, 0.1) is 6.17 Å². The van der Waals surface area contributed by atoms with E-state index in [-0.39, 0.29) is 0 Å². The molecule has 0 unspecified atom stereocenters. The minimum absolute atomic E-state index is 0.583. The van der Waals surface area contributed by atoms with Crippen molar-refractivity contribution in [3.05, 3.63) is 0 Å². The van der Waals surface area contributed by atoms with Crippen LogP contribution in [0.4, 0.5) is 0 Å². The second kappa shape index (κ2) is 0.445. The van der Waals surface area contributed by atoms with Crippen LogP contribution in [0.3, 0.4) is 0 Å². The molecule has 1 aliphatic heterocycles. The van der Waals surface area contributed by atoms with Gasteiger partial charge < -0.3 is 0 Å². The van der Waals surface area contributed by atoms with Crippen LogP contribution in [0, 0.1) is 0 Å². The lowest BCUT2D eigenvalue weighted by Crippen LogP contribution is -1.73. The van der Waals surface area contributed by atoms with Crippen molar-refractivity contribution < 1.29 is 0 Å². The van der Waals surface area contributed by atoms with E-state index in [2.05, 4.69) is 17.8 Å². The van der Waals surface area contributed by atoms with Gasteiger partial charge in [-0.15, -0.1) is 0 Å². The summed E-state index contributed by atoms with van der Waals surface area (Å²) in [5.74, 6) is 0. The second-order valence-corrected chi connectivity index (χ2v) is 1.01. The third-order valence-corrected chi connectivity index (χ3v) is 0.433. The minimum atomic E-state index is 0.583. The van der Waals surface area contributed by atoms with Crippen molar-refractivity contribution in [2.45, 2.75) is 13.1 Å². The van der Waals surface area contributed by atoms with Crippen LogP contribution in [0.25, 0.3) is 0 Å². The van der Waals surface area contributed by atoms with Crippen LogP contribution in [-0.4, -0.2) is 6.17 Å². The maximum Gasteiger partial charge on any atom is 0.0805 e.